The second-order valence-electron chi connectivity index (χ2n) is 12.0. The molecule has 0 bridgehead atoms. The lowest BCUT2D eigenvalue weighted by atomic mass is 10.0. The predicted molar refractivity (Wildman–Crippen MR) is 223 cm³/mol. The quantitative estimate of drug-likeness (QED) is 0.120. The topological polar surface area (TPSA) is 202 Å². The van der Waals surface area contributed by atoms with Crippen LogP contribution in [0.4, 0.5) is 11.4 Å². The van der Waals surface area contributed by atoms with E-state index >= 15 is 0 Å². The van der Waals surface area contributed by atoms with Crippen LogP contribution in [0.1, 0.15) is 63.9 Å². The normalized spacial score (nSPS) is 10.5. The number of anilines is 2. The fourth-order valence-electron chi connectivity index (χ4n) is 5.55. The first-order valence-electron chi connectivity index (χ1n) is 16.6. The number of hydrogen-bond donors (Lipinski definition) is 4. The molecule has 4 amide bonds. The molecule has 0 aliphatic carbocycles. The van der Waals surface area contributed by atoms with E-state index in [9.17, 15) is 24.4 Å². The smallest absolute Gasteiger partial charge is 0.274 e. The Morgan fingerprint density at radius 3 is 1.53 bits per heavy atom. The highest BCUT2D eigenvalue weighted by molar-refractivity contribution is 9.10. The van der Waals surface area contributed by atoms with Gasteiger partial charge >= 0.3 is 0 Å². The Morgan fingerprint density at radius 2 is 1.11 bits per heavy atom. The van der Waals surface area contributed by atoms with Crippen molar-refractivity contribution in [2.45, 2.75) is 20.8 Å². The summed E-state index contributed by atoms with van der Waals surface area (Å²) in [5.74, 6) is -1.08. The number of carbonyl (C=O) groups is 4. The average Bonchev–Trinajstić information content (AvgIpc) is 3.78. The van der Waals surface area contributed by atoms with Crippen molar-refractivity contribution >= 4 is 90.1 Å². The van der Waals surface area contributed by atoms with Gasteiger partial charge in [0.25, 0.3) is 23.6 Å². The second kappa shape index (κ2) is 18.3. The number of halogens is 4. The molecule has 290 valence electrons. The molecule has 0 saturated heterocycles. The molecule has 4 N–H and O–H groups in total. The van der Waals surface area contributed by atoms with Crippen LogP contribution in [-0.2, 0) is 0 Å². The highest BCUT2D eigenvalue weighted by Crippen LogP contribution is 2.28. The lowest BCUT2D eigenvalue weighted by Crippen LogP contribution is -2.24. The first-order chi connectivity index (χ1) is 27.2. The number of benzene rings is 2. The van der Waals surface area contributed by atoms with Crippen molar-refractivity contribution in [3.8, 4) is 17.7 Å². The number of nitrogens with one attached hydrogen (secondary N) is 4. The Hall–Kier alpha value is -5.93. The molecule has 4 aromatic heterocycles. The predicted octanol–water partition coefficient (Wildman–Crippen LogP) is 7.39. The first kappa shape index (κ1) is 42.2. The van der Waals surface area contributed by atoms with Crippen LogP contribution < -0.4 is 21.3 Å². The van der Waals surface area contributed by atoms with Crippen LogP contribution in [0.15, 0.2) is 82.3 Å². The lowest BCUT2D eigenvalue weighted by Gasteiger charge is -2.15. The maximum absolute atomic E-state index is 13.0. The van der Waals surface area contributed by atoms with Gasteiger partial charge in [0.05, 0.1) is 44.2 Å². The molecular formula is C38H31Br2Cl2N11O4. The Labute approximate surface area is 353 Å². The summed E-state index contributed by atoms with van der Waals surface area (Å²) in [6.45, 7) is 5.42. The highest BCUT2D eigenvalue weighted by Gasteiger charge is 2.24. The molecular weight excluding hydrogens is 905 g/mol. The van der Waals surface area contributed by atoms with E-state index in [1.807, 2.05) is 26.0 Å². The number of aryl methyl sites for hydroxylation is 3. The molecule has 0 atom stereocenters. The SMILES string of the molecule is CNC(=O)c1cc(C#N)cc(C)c1NC(=O)c1cc(Br)nn1-c1ncccc1Cl.CNC(=O)c1cc(C)cc(C)c1NC(=O)c1cc(Br)nn1-c1ncccc1Cl. The van der Waals surface area contributed by atoms with E-state index < -0.39 is 17.7 Å². The molecule has 0 saturated carbocycles. The monoisotopic (exact) mass is 933 g/mol. The van der Waals surface area contributed by atoms with Gasteiger partial charge in [0.1, 0.15) is 20.6 Å². The summed E-state index contributed by atoms with van der Waals surface area (Å²) in [7, 11) is 3.01. The number of nitrogens with zero attached hydrogens (tertiary/aromatic N) is 7. The van der Waals surface area contributed by atoms with Crippen molar-refractivity contribution in [2.75, 3.05) is 24.7 Å². The van der Waals surface area contributed by atoms with E-state index in [1.54, 1.807) is 62.6 Å². The minimum Gasteiger partial charge on any atom is -0.355 e. The van der Waals surface area contributed by atoms with E-state index in [0.29, 0.717) is 53.1 Å². The van der Waals surface area contributed by atoms with E-state index in [2.05, 4.69) is 73.3 Å². The van der Waals surface area contributed by atoms with Gasteiger partial charge in [0.15, 0.2) is 11.6 Å². The maximum Gasteiger partial charge on any atom is 0.274 e. The zero-order chi connectivity index (χ0) is 41.6. The van der Waals surface area contributed by atoms with Gasteiger partial charge in [-0.1, -0.05) is 29.3 Å². The molecule has 2 aromatic carbocycles. The lowest BCUT2D eigenvalue weighted by molar-refractivity contribution is 0.0954. The van der Waals surface area contributed by atoms with E-state index in [1.165, 1.54) is 34.7 Å². The molecule has 0 fully saturated rings. The summed E-state index contributed by atoms with van der Waals surface area (Å²) in [6, 6.07) is 18.4. The number of hydrogen-bond acceptors (Lipinski definition) is 9. The Balaban J connectivity index is 0.000000218. The van der Waals surface area contributed by atoms with Crippen LogP contribution in [0.25, 0.3) is 11.6 Å². The number of nitriles is 1. The molecule has 19 heteroatoms. The molecule has 57 heavy (non-hydrogen) atoms. The molecule has 0 aliphatic heterocycles. The summed E-state index contributed by atoms with van der Waals surface area (Å²) in [5.41, 5.74) is 4.24. The van der Waals surface area contributed by atoms with E-state index in [-0.39, 0.29) is 28.7 Å². The molecule has 15 nitrogen and oxygen atoms in total. The van der Waals surface area contributed by atoms with Crippen molar-refractivity contribution in [1.82, 2.24) is 40.2 Å². The minimum absolute atomic E-state index is 0.157. The van der Waals surface area contributed by atoms with E-state index in [4.69, 9.17) is 23.2 Å². The van der Waals surface area contributed by atoms with Crippen LogP contribution in [0.3, 0.4) is 0 Å². The van der Waals surface area contributed by atoms with Crippen molar-refractivity contribution < 1.29 is 19.2 Å². The number of aromatic nitrogens is 6. The van der Waals surface area contributed by atoms with Gasteiger partial charge in [-0.25, -0.2) is 19.3 Å². The fourth-order valence-corrected chi connectivity index (χ4v) is 6.71. The molecule has 0 unspecified atom stereocenters. The van der Waals surface area contributed by atoms with Crippen molar-refractivity contribution in [3.05, 3.63) is 137 Å². The molecule has 4 heterocycles. The molecule has 6 aromatic rings. The van der Waals surface area contributed by atoms with Crippen molar-refractivity contribution in [1.29, 1.82) is 5.26 Å². The number of pyridine rings is 2. The van der Waals surface area contributed by atoms with Gasteiger partial charge in [-0.15, -0.1) is 0 Å². The van der Waals surface area contributed by atoms with Gasteiger partial charge in [0, 0.05) is 38.6 Å². The fraction of sp³-hybridized carbons (Fsp3) is 0.132. The van der Waals surface area contributed by atoms with E-state index in [0.717, 1.165) is 11.1 Å². The largest absolute Gasteiger partial charge is 0.355 e. The average molecular weight is 936 g/mol. The van der Waals surface area contributed by atoms with Gasteiger partial charge < -0.3 is 21.3 Å². The molecule has 0 radical (unpaired) electrons. The Kier molecular flexibility index (Phi) is 13.6. The molecule has 0 spiro atoms. The first-order valence-corrected chi connectivity index (χ1v) is 19.0. The third kappa shape index (κ3) is 9.55. The van der Waals surface area contributed by atoms with Crippen molar-refractivity contribution in [2.24, 2.45) is 0 Å². The summed E-state index contributed by atoms with van der Waals surface area (Å²) < 4.78 is 3.52. The number of amides is 4. The molecule has 6 rings (SSSR count). The van der Waals surface area contributed by atoms with Crippen LogP contribution in [0, 0.1) is 32.1 Å². The summed E-state index contributed by atoms with van der Waals surface area (Å²) in [6.07, 6.45) is 3.10. The number of carbonyl (C=O) groups excluding carboxylic acids is 4. The second-order valence-corrected chi connectivity index (χ2v) is 14.5. The zero-order valence-electron chi connectivity index (χ0n) is 30.7. The van der Waals surface area contributed by atoms with Gasteiger partial charge in [-0.05, 0) is 112 Å². The van der Waals surface area contributed by atoms with Crippen molar-refractivity contribution in [3.63, 3.8) is 0 Å². The third-order valence-electron chi connectivity index (χ3n) is 8.07. The van der Waals surface area contributed by atoms with Crippen LogP contribution >= 0.6 is 55.1 Å². The third-order valence-corrected chi connectivity index (χ3v) is 9.43. The number of rotatable bonds is 8. The maximum atomic E-state index is 13.0. The highest BCUT2D eigenvalue weighted by atomic mass is 79.9. The summed E-state index contributed by atoms with van der Waals surface area (Å²) in [4.78, 5) is 59.0. The Bertz CT molecular complexity index is 2600. The van der Waals surface area contributed by atoms with Gasteiger partial charge in [-0.3, -0.25) is 19.2 Å². The van der Waals surface area contributed by atoms with Gasteiger partial charge in [0.2, 0.25) is 0 Å². The van der Waals surface area contributed by atoms with Crippen LogP contribution in [-0.4, -0.2) is 67.3 Å². The van der Waals surface area contributed by atoms with Crippen LogP contribution in [0.2, 0.25) is 10.0 Å². The van der Waals surface area contributed by atoms with Gasteiger partial charge in [-0.2, -0.15) is 15.5 Å². The summed E-state index contributed by atoms with van der Waals surface area (Å²) >= 11 is 18.9. The minimum atomic E-state index is -0.525. The zero-order valence-corrected chi connectivity index (χ0v) is 35.4. The molecule has 0 aliphatic rings. The standard InChI is InChI=1S/C19H14BrClN6O2.C19H17BrClN5O2/c1-10-6-11(9-22)7-12(18(28)23-2)16(10)25-19(29)14-8-15(20)26-27(14)17-13(21)4-3-5-24-17;1-10-7-11(2)16(12(8-10)18(27)22-3)24-19(28)14-9-15(20)25-26(14)17-13(21)5-4-6-23-17/h3-8H,1-2H3,(H,23,28)(H,25,29);4-9H,1-3H3,(H,22,27)(H,24,28). The van der Waals surface area contributed by atoms with Crippen LogP contribution in [0.5, 0.6) is 0 Å². The Morgan fingerprint density at radius 1 is 0.667 bits per heavy atom. The summed E-state index contributed by atoms with van der Waals surface area (Å²) in [5, 5.41) is 29.0.